The highest BCUT2D eigenvalue weighted by molar-refractivity contribution is 5.85. The van der Waals surface area contributed by atoms with Gasteiger partial charge in [0.2, 0.25) is 0 Å². The molecule has 1 aromatic heterocycles. The third-order valence-corrected chi connectivity index (χ3v) is 4.02. The van der Waals surface area contributed by atoms with Gasteiger partial charge in [0.05, 0.1) is 12.6 Å². The van der Waals surface area contributed by atoms with Gasteiger partial charge in [0, 0.05) is 10.9 Å². The van der Waals surface area contributed by atoms with E-state index in [9.17, 15) is 5.11 Å². The lowest BCUT2D eigenvalue weighted by Crippen LogP contribution is -2.30. The molecule has 0 fully saturated rings. The number of hydrogen-bond acceptors (Lipinski definition) is 3. The van der Waals surface area contributed by atoms with Crippen molar-refractivity contribution in [3.8, 4) is 0 Å². The van der Waals surface area contributed by atoms with Crippen LogP contribution < -0.4 is 0 Å². The molecule has 3 nitrogen and oxygen atoms in total. The average molecular weight is 298 g/mol. The minimum absolute atomic E-state index is 0. The number of aliphatic hydroxyl groups excluding tert-OH is 1. The van der Waals surface area contributed by atoms with Crippen molar-refractivity contribution in [1.82, 2.24) is 4.90 Å². The van der Waals surface area contributed by atoms with Crippen molar-refractivity contribution < 1.29 is 9.52 Å². The molecule has 1 atom stereocenters. The second-order valence-corrected chi connectivity index (χ2v) is 4.93. The molecule has 0 saturated heterocycles. The first-order chi connectivity index (χ1) is 9.13. The van der Waals surface area contributed by atoms with Crippen molar-refractivity contribution in [2.24, 2.45) is 0 Å². The molecule has 0 aliphatic heterocycles. The van der Waals surface area contributed by atoms with Crippen LogP contribution in [0.4, 0.5) is 0 Å². The van der Waals surface area contributed by atoms with Gasteiger partial charge in [-0.3, -0.25) is 4.90 Å². The zero-order valence-corrected chi connectivity index (χ0v) is 13.5. The summed E-state index contributed by atoms with van der Waals surface area (Å²) in [5, 5.41) is 10.9. The first-order valence-electron chi connectivity index (χ1n) is 6.97. The van der Waals surface area contributed by atoms with Crippen molar-refractivity contribution in [3.63, 3.8) is 0 Å². The summed E-state index contributed by atoms with van der Waals surface area (Å²) >= 11 is 0. The van der Waals surface area contributed by atoms with Crippen molar-refractivity contribution >= 4 is 23.4 Å². The predicted octanol–water partition coefficient (Wildman–Crippen LogP) is 3.85. The summed E-state index contributed by atoms with van der Waals surface area (Å²) in [6, 6.07) is 6.19. The van der Waals surface area contributed by atoms with E-state index >= 15 is 0 Å². The van der Waals surface area contributed by atoms with Crippen LogP contribution in [0.3, 0.4) is 0 Å². The Morgan fingerprint density at radius 1 is 1.20 bits per heavy atom. The highest BCUT2D eigenvalue weighted by Crippen LogP contribution is 2.32. The van der Waals surface area contributed by atoms with Crippen molar-refractivity contribution in [3.05, 3.63) is 35.1 Å². The maximum atomic E-state index is 9.76. The van der Waals surface area contributed by atoms with Gasteiger partial charge < -0.3 is 9.52 Å². The molecule has 4 heteroatoms. The predicted molar refractivity (Wildman–Crippen MR) is 85.7 cm³/mol. The van der Waals surface area contributed by atoms with Crippen LogP contribution in [0.2, 0.25) is 0 Å². The molecule has 112 valence electrons. The summed E-state index contributed by atoms with van der Waals surface area (Å²) in [5.41, 5.74) is 3.19. The van der Waals surface area contributed by atoms with Crippen LogP contribution in [0, 0.1) is 13.8 Å². The summed E-state index contributed by atoms with van der Waals surface area (Å²) in [5.74, 6) is 0.957. The first-order valence-corrected chi connectivity index (χ1v) is 6.97. The van der Waals surface area contributed by atoms with Gasteiger partial charge >= 0.3 is 0 Å². The molecule has 20 heavy (non-hydrogen) atoms. The normalized spacial score (nSPS) is 12.7. The summed E-state index contributed by atoms with van der Waals surface area (Å²) in [7, 11) is 0. The number of para-hydroxylation sites is 1. The average Bonchev–Trinajstić information content (AvgIpc) is 2.72. The van der Waals surface area contributed by atoms with Crippen LogP contribution in [0.25, 0.3) is 11.0 Å². The Kier molecular flexibility index (Phi) is 6.06. The van der Waals surface area contributed by atoms with Crippen LogP contribution >= 0.6 is 12.4 Å². The SMILES string of the molecule is CCN(CC)C(CO)c1cccc2c(C)c(C)oc12.Cl. The topological polar surface area (TPSA) is 36.6 Å². The standard InChI is InChI=1S/C16H23NO2.ClH/c1-5-17(6-2)15(10-18)14-9-7-8-13-11(3)12(4)19-16(13)14;/h7-9,15,18H,5-6,10H2,1-4H3;1H. The molecule has 0 aliphatic rings. The van der Waals surface area contributed by atoms with Gasteiger partial charge in [-0.05, 0) is 32.5 Å². The molecule has 2 rings (SSSR count). The molecule has 1 heterocycles. The fraction of sp³-hybridized carbons (Fsp3) is 0.500. The lowest BCUT2D eigenvalue weighted by molar-refractivity contribution is 0.134. The monoisotopic (exact) mass is 297 g/mol. The second-order valence-electron chi connectivity index (χ2n) is 4.93. The number of benzene rings is 1. The van der Waals surface area contributed by atoms with Gasteiger partial charge in [0.25, 0.3) is 0 Å². The van der Waals surface area contributed by atoms with E-state index in [1.165, 1.54) is 5.56 Å². The van der Waals surface area contributed by atoms with Crippen LogP contribution in [0.15, 0.2) is 22.6 Å². The molecule has 1 N–H and O–H groups in total. The minimum Gasteiger partial charge on any atom is -0.461 e. The van der Waals surface area contributed by atoms with E-state index in [1.807, 2.05) is 13.0 Å². The Hall–Kier alpha value is -1.03. The van der Waals surface area contributed by atoms with Gasteiger partial charge in [0.1, 0.15) is 11.3 Å². The van der Waals surface area contributed by atoms with Gasteiger partial charge in [0.15, 0.2) is 0 Å². The highest BCUT2D eigenvalue weighted by Gasteiger charge is 2.21. The summed E-state index contributed by atoms with van der Waals surface area (Å²) in [4.78, 5) is 2.25. The van der Waals surface area contributed by atoms with Crippen LogP contribution in [0.1, 0.15) is 36.8 Å². The van der Waals surface area contributed by atoms with Gasteiger partial charge in [-0.15, -0.1) is 12.4 Å². The number of aryl methyl sites for hydroxylation is 2. The second kappa shape index (κ2) is 7.11. The number of furan rings is 1. The maximum Gasteiger partial charge on any atom is 0.139 e. The third kappa shape index (κ3) is 2.85. The Morgan fingerprint density at radius 3 is 2.40 bits per heavy atom. The molecule has 0 spiro atoms. The number of likely N-dealkylation sites (N-methyl/N-ethyl adjacent to an activating group) is 1. The molecule has 0 radical (unpaired) electrons. The van der Waals surface area contributed by atoms with Crippen molar-refractivity contribution in [2.75, 3.05) is 19.7 Å². The molecular formula is C16H24ClNO2. The summed E-state index contributed by atoms with van der Waals surface area (Å²) in [6.07, 6.45) is 0. The number of aliphatic hydroxyl groups is 1. The van der Waals surface area contributed by atoms with E-state index in [-0.39, 0.29) is 25.1 Å². The number of halogens is 1. The van der Waals surface area contributed by atoms with Crippen LogP contribution in [-0.4, -0.2) is 29.7 Å². The molecule has 0 bridgehead atoms. The number of rotatable bonds is 5. The zero-order valence-electron chi connectivity index (χ0n) is 12.6. The number of nitrogens with zero attached hydrogens (tertiary/aromatic N) is 1. The zero-order chi connectivity index (χ0) is 14.0. The summed E-state index contributed by atoms with van der Waals surface area (Å²) < 4.78 is 5.91. The Labute approximate surface area is 127 Å². The lowest BCUT2D eigenvalue weighted by atomic mass is 10.0. The molecule has 0 amide bonds. The Morgan fingerprint density at radius 2 is 1.85 bits per heavy atom. The van der Waals surface area contributed by atoms with Gasteiger partial charge in [-0.25, -0.2) is 0 Å². The van der Waals surface area contributed by atoms with Crippen LogP contribution in [-0.2, 0) is 0 Å². The minimum atomic E-state index is 0. The molecule has 0 saturated carbocycles. The van der Waals surface area contributed by atoms with Crippen LogP contribution in [0.5, 0.6) is 0 Å². The largest absolute Gasteiger partial charge is 0.461 e. The van der Waals surface area contributed by atoms with Crippen molar-refractivity contribution in [1.29, 1.82) is 0 Å². The van der Waals surface area contributed by atoms with Gasteiger partial charge in [-0.1, -0.05) is 32.0 Å². The Balaban J connectivity index is 0.00000200. The van der Waals surface area contributed by atoms with E-state index in [4.69, 9.17) is 4.42 Å². The fourth-order valence-electron chi connectivity index (χ4n) is 2.72. The summed E-state index contributed by atoms with van der Waals surface area (Å²) in [6.45, 7) is 10.2. The first kappa shape index (κ1) is 17.0. The van der Waals surface area contributed by atoms with Crippen molar-refractivity contribution in [2.45, 2.75) is 33.7 Å². The smallest absolute Gasteiger partial charge is 0.139 e. The quantitative estimate of drug-likeness (QED) is 0.911. The van der Waals surface area contributed by atoms with E-state index in [0.29, 0.717) is 0 Å². The molecular weight excluding hydrogens is 274 g/mol. The van der Waals surface area contributed by atoms with E-state index in [0.717, 1.165) is 35.4 Å². The number of fused-ring (bicyclic) bond motifs is 1. The maximum absolute atomic E-state index is 9.76. The highest BCUT2D eigenvalue weighted by atomic mass is 35.5. The lowest BCUT2D eigenvalue weighted by Gasteiger charge is -2.28. The van der Waals surface area contributed by atoms with E-state index in [1.54, 1.807) is 0 Å². The molecule has 2 aromatic rings. The van der Waals surface area contributed by atoms with Gasteiger partial charge in [-0.2, -0.15) is 0 Å². The number of hydrogen-bond donors (Lipinski definition) is 1. The molecule has 1 aromatic carbocycles. The van der Waals surface area contributed by atoms with E-state index < -0.39 is 0 Å². The fourth-order valence-corrected chi connectivity index (χ4v) is 2.72. The third-order valence-electron chi connectivity index (χ3n) is 4.02. The Bertz CT molecular complexity index is 561. The molecule has 1 unspecified atom stereocenters. The molecule has 0 aliphatic carbocycles. The van der Waals surface area contributed by atoms with E-state index in [2.05, 4.69) is 37.8 Å².